The first-order chi connectivity index (χ1) is 16.5. The topological polar surface area (TPSA) is 100 Å². The van der Waals surface area contributed by atoms with Gasteiger partial charge in [0.15, 0.2) is 5.54 Å². The number of hydrogen-bond donors (Lipinski definition) is 3. The maximum absolute atomic E-state index is 14.0. The van der Waals surface area contributed by atoms with Crippen molar-refractivity contribution in [3.05, 3.63) is 88.5 Å². The molecule has 1 aromatic heterocycles. The summed E-state index contributed by atoms with van der Waals surface area (Å²) in [6, 6.07) is 10.2. The zero-order valence-electron chi connectivity index (χ0n) is 17.5. The molecule has 1 aliphatic rings. The van der Waals surface area contributed by atoms with Gasteiger partial charge in [0.05, 0.1) is 17.8 Å². The second-order valence-electron chi connectivity index (χ2n) is 7.59. The minimum absolute atomic E-state index is 0.0225. The standard InChI is InChI=1S/C23H15ClF4N4O3/c24-13-5-3-12(4-6-13)16-10-14(25)7-8-15(16)19(33)30-11-22(20(34)31-21(35)32-22)18-17(23(26,27)28)2-1-9-29-18/h1-10H,11H2,(H,30,33)(H2,31,32,34,35). The van der Waals surface area contributed by atoms with E-state index in [-0.39, 0.29) is 11.1 Å². The van der Waals surface area contributed by atoms with Gasteiger partial charge in [0.1, 0.15) is 5.82 Å². The molecule has 2 heterocycles. The summed E-state index contributed by atoms with van der Waals surface area (Å²) in [6.45, 7) is -0.763. The highest BCUT2D eigenvalue weighted by Crippen LogP contribution is 2.36. The second-order valence-corrected chi connectivity index (χ2v) is 8.03. The highest BCUT2D eigenvalue weighted by atomic mass is 35.5. The fourth-order valence-corrected chi connectivity index (χ4v) is 3.86. The summed E-state index contributed by atoms with van der Waals surface area (Å²) >= 11 is 5.89. The van der Waals surface area contributed by atoms with Crippen LogP contribution in [0.5, 0.6) is 0 Å². The maximum atomic E-state index is 14.0. The van der Waals surface area contributed by atoms with E-state index in [0.29, 0.717) is 16.7 Å². The molecule has 1 fully saturated rings. The first-order valence-corrected chi connectivity index (χ1v) is 10.4. The Morgan fingerprint density at radius 3 is 2.43 bits per heavy atom. The van der Waals surface area contributed by atoms with E-state index in [1.165, 1.54) is 18.2 Å². The van der Waals surface area contributed by atoms with Crippen LogP contribution in [0.3, 0.4) is 0 Å². The van der Waals surface area contributed by atoms with Gasteiger partial charge in [-0.25, -0.2) is 9.18 Å². The molecule has 1 atom stereocenters. The fourth-order valence-electron chi connectivity index (χ4n) is 3.73. The number of carbonyl (C=O) groups excluding carboxylic acids is 3. The average molecular weight is 507 g/mol. The molecular formula is C23H15ClF4N4O3. The Morgan fingerprint density at radius 2 is 1.80 bits per heavy atom. The number of nitrogens with one attached hydrogen (secondary N) is 3. The number of alkyl halides is 3. The molecule has 4 rings (SSSR count). The van der Waals surface area contributed by atoms with Crippen molar-refractivity contribution in [2.24, 2.45) is 0 Å². The molecule has 0 saturated carbocycles. The van der Waals surface area contributed by atoms with Crippen molar-refractivity contribution in [2.75, 3.05) is 6.54 Å². The van der Waals surface area contributed by atoms with Crippen LogP contribution in [-0.4, -0.2) is 29.4 Å². The Balaban J connectivity index is 1.71. The van der Waals surface area contributed by atoms with Crippen LogP contribution in [0.15, 0.2) is 60.8 Å². The van der Waals surface area contributed by atoms with E-state index >= 15 is 0 Å². The summed E-state index contributed by atoms with van der Waals surface area (Å²) in [7, 11) is 0. The van der Waals surface area contributed by atoms with Crippen LogP contribution in [0.4, 0.5) is 22.4 Å². The minimum Gasteiger partial charge on any atom is -0.349 e. The van der Waals surface area contributed by atoms with Crippen molar-refractivity contribution in [3.8, 4) is 11.1 Å². The molecule has 12 heteroatoms. The molecule has 0 bridgehead atoms. The molecule has 35 heavy (non-hydrogen) atoms. The van der Waals surface area contributed by atoms with E-state index in [9.17, 15) is 31.9 Å². The molecule has 1 unspecified atom stereocenters. The monoisotopic (exact) mass is 506 g/mol. The van der Waals surface area contributed by atoms with Gasteiger partial charge in [0, 0.05) is 16.8 Å². The van der Waals surface area contributed by atoms with E-state index < -0.39 is 53.2 Å². The summed E-state index contributed by atoms with van der Waals surface area (Å²) in [5.74, 6) is -2.58. The minimum atomic E-state index is -4.90. The van der Waals surface area contributed by atoms with Crippen LogP contribution in [-0.2, 0) is 16.5 Å². The lowest BCUT2D eigenvalue weighted by atomic mass is 9.90. The van der Waals surface area contributed by atoms with E-state index in [1.807, 2.05) is 5.32 Å². The number of benzene rings is 2. The van der Waals surface area contributed by atoms with E-state index in [4.69, 9.17) is 11.6 Å². The van der Waals surface area contributed by atoms with Gasteiger partial charge in [-0.2, -0.15) is 13.2 Å². The number of imide groups is 1. The van der Waals surface area contributed by atoms with Crippen LogP contribution in [0.25, 0.3) is 11.1 Å². The maximum Gasteiger partial charge on any atom is 0.418 e. The molecule has 0 radical (unpaired) electrons. The quantitative estimate of drug-likeness (QED) is 0.359. The van der Waals surface area contributed by atoms with Gasteiger partial charge in [-0.05, 0) is 53.6 Å². The summed E-state index contributed by atoms with van der Waals surface area (Å²) in [6.07, 6.45) is -3.86. The molecule has 7 nitrogen and oxygen atoms in total. The number of amides is 4. The Kier molecular flexibility index (Phi) is 6.20. The Morgan fingerprint density at radius 1 is 1.09 bits per heavy atom. The van der Waals surface area contributed by atoms with Gasteiger partial charge in [-0.1, -0.05) is 23.7 Å². The molecule has 3 N–H and O–H groups in total. The molecular weight excluding hydrogens is 492 g/mol. The molecule has 2 aromatic carbocycles. The van der Waals surface area contributed by atoms with Crippen LogP contribution in [0.2, 0.25) is 5.02 Å². The Bertz CT molecular complexity index is 1330. The Labute approximate surface area is 200 Å². The Hall–Kier alpha value is -3.99. The van der Waals surface area contributed by atoms with Crippen LogP contribution in [0.1, 0.15) is 21.6 Å². The van der Waals surface area contributed by atoms with Crippen molar-refractivity contribution in [1.29, 1.82) is 0 Å². The molecule has 3 aromatic rings. The fraction of sp³-hybridized carbons (Fsp3) is 0.130. The SMILES string of the molecule is O=C1NC(=O)C(CNC(=O)c2ccc(F)cc2-c2ccc(Cl)cc2)(c2ncccc2C(F)(F)F)N1. The third kappa shape index (κ3) is 4.67. The van der Waals surface area contributed by atoms with Crippen LogP contribution < -0.4 is 16.0 Å². The smallest absolute Gasteiger partial charge is 0.349 e. The van der Waals surface area contributed by atoms with Gasteiger partial charge < -0.3 is 10.6 Å². The summed E-state index contributed by atoms with van der Waals surface area (Å²) < 4.78 is 54.9. The molecule has 1 saturated heterocycles. The van der Waals surface area contributed by atoms with Gasteiger partial charge in [-0.15, -0.1) is 0 Å². The molecule has 0 spiro atoms. The molecule has 1 aliphatic heterocycles. The van der Waals surface area contributed by atoms with Gasteiger partial charge in [0.25, 0.3) is 11.8 Å². The number of nitrogens with zero attached hydrogens (tertiary/aromatic N) is 1. The molecule has 180 valence electrons. The third-order valence-electron chi connectivity index (χ3n) is 5.35. The lowest BCUT2D eigenvalue weighted by Crippen LogP contribution is -2.54. The first-order valence-electron chi connectivity index (χ1n) is 10.0. The third-order valence-corrected chi connectivity index (χ3v) is 5.61. The number of halogens is 5. The van der Waals surface area contributed by atoms with Crippen molar-refractivity contribution >= 4 is 29.4 Å². The van der Waals surface area contributed by atoms with Crippen molar-refractivity contribution in [2.45, 2.75) is 11.7 Å². The van der Waals surface area contributed by atoms with Gasteiger partial charge >= 0.3 is 12.2 Å². The largest absolute Gasteiger partial charge is 0.418 e. The lowest BCUT2D eigenvalue weighted by Gasteiger charge is -2.28. The number of carbonyl (C=O) groups is 3. The number of urea groups is 1. The predicted octanol–water partition coefficient (Wildman–Crippen LogP) is 4.02. The van der Waals surface area contributed by atoms with E-state index in [0.717, 1.165) is 24.4 Å². The normalized spacial score (nSPS) is 17.6. The summed E-state index contributed by atoms with van der Waals surface area (Å²) in [4.78, 5) is 41.4. The van der Waals surface area contributed by atoms with Crippen LogP contribution >= 0.6 is 11.6 Å². The van der Waals surface area contributed by atoms with Crippen molar-refractivity contribution in [1.82, 2.24) is 20.9 Å². The lowest BCUT2D eigenvalue weighted by molar-refractivity contribution is -0.139. The highest BCUT2D eigenvalue weighted by molar-refractivity contribution is 6.30. The highest BCUT2D eigenvalue weighted by Gasteiger charge is 2.53. The number of aromatic nitrogens is 1. The summed E-state index contributed by atoms with van der Waals surface area (Å²) in [5.41, 5.74) is -3.76. The van der Waals surface area contributed by atoms with Gasteiger partial charge in [-0.3, -0.25) is 19.9 Å². The number of hydrogen-bond acceptors (Lipinski definition) is 4. The molecule has 4 amide bonds. The first kappa shape index (κ1) is 24.1. The zero-order valence-corrected chi connectivity index (χ0v) is 18.3. The van der Waals surface area contributed by atoms with Gasteiger partial charge in [0.2, 0.25) is 0 Å². The predicted molar refractivity (Wildman–Crippen MR) is 117 cm³/mol. The van der Waals surface area contributed by atoms with Crippen LogP contribution in [0, 0.1) is 5.82 Å². The second kappa shape index (κ2) is 8.99. The molecule has 0 aliphatic carbocycles. The average Bonchev–Trinajstić information content (AvgIpc) is 3.11. The van der Waals surface area contributed by atoms with E-state index in [2.05, 4.69) is 15.6 Å². The van der Waals surface area contributed by atoms with E-state index in [1.54, 1.807) is 12.1 Å². The van der Waals surface area contributed by atoms with Crippen molar-refractivity contribution in [3.63, 3.8) is 0 Å². The zero-order chi connectivity index (χ0) is 25.4. The summed E-state index contributed by atoms with van der Waals surface area (Å²) in [5, 5.41) is 6.85. The number of rotatable bonds is 5. The number of pyridine rings is 1. The van der Waals surface area contributed by atoms with Crippen molar-refractivity contribution < 1.29 is 31.9 Å².